The number of piperidine rings is 1. The lowest BCUT2D eigenvalue weighted by molar-refractivity contribution is -0.138. The molecule has 1 atom stereocenters. The normalized spacial score (nSPS) is 24.6. The first kappa shape index (κ1) is 16.3. The molecule has 2 aliphatic rings. The van der Waals surface area contributed by atoms with E-state index in [0.29, 0.717) is 18.4 Å². The maximum atomic E-state index is 12.6. The summed E-state index contributed by atoms with van der Waals surface area (Å²) in [5, 5.41) is 11.6. The molecular formula is C16H28N2O3. The molecule has 1 heterocycles. The van der Waals surface area contributed by atoms with Crippen LogP contribution in [-0.2, 0) is 9.59 Å². The molecule has 1 saturated carbocycles. The molecule has 1 aliphatic heterocycles. The first-order chi connectivity index (χ1) is 10.2. The number of likely N-dealkylation sites (tertiary alicyclic amines) is 1. The number of carboxylic acid groups (broad SMARTS) is 1. The van der Waals surface area contributed by atoms with E-state index >= 15 is 0 Å². The smallest absolute Gasteiger partial charge is 0.317 e. The third-order valence-electron chi connectivity index (χ3n) is 4.74. The van der Waals surface area contributed by atoms with Gasteiger partial charge in [0, 0.05) is 25.6 Å². The van der Waals surface area contributed by atoms with Gasteiger partial charge in [-0.3, -0.25) is 9.59 Å². The Balaban J connectivity index is 1.79. The van der Waals surface area contributed by atoms with Crippen molar-refractivity contribution in [3.63, 3.8) is 0 Å². The number of hydrogen-bond donors (Lipinski definition) is 2. The second kappa shape index (κ2) is 8.37. The predicted molar refractivity (Wildman–Crippen MR) is 81.0 cm³/mol. The Morgan fingerprint density at radius 3 is 2.43 bits per heavy atom. The molecule has 0 radical (unpaired) electrons. The van der Waals surface area contributed by atoms with Crippen molar-refractivity contribution in [2.24, 2.45) is 11.8 Å². The van der Waals surface area contributed by atoms with Crippen LogP contribution in [0.3, 0.4) is 0 Å². The van der Waals surface area contributed by atoms with Gasteiger partial charge in [-0.05, 0) is 31.6 Å². The van der Waals surface area contributed by atoms with Crippen molar-refractivity contribution >= 4 is 11.9 Å². The molecule has 21 heavy (non-hydrogen) atoms. The van der Waals surface area contributed by atoms with Crippen LogP contribution in [0.5, 0.6) is 0 Å². The largest absolute Gasteiger partial charge is 0.480 e. The summed E-state index contributed by atoms with van der Waals surface area (Å²) in [6, 6.07) is 0. The van der Waals surface area contributed by atoms with Crippen LogP contribution in [0, 0.1) is 11.8 Å². The van der Waals surface area contributed by atoms with Gasteiger partial charge in [0.2, 0.25) is 5.91 Å². The monoisotopic (exact) mass is 296 g/mol. The second-order valence-electron chi connectivity index (χ2n) is 6.51. The number of carboxylic acids is 1. The fourth-order valence-electron chi connectivity index (χ4n) is 3.60. The lowest BCUT2D eigenvalue weighted by Crippen LogP contribution is -2.45. The zero-order valence-electron chi connectivity index (χ0n) is 12.9. The minimum absolute atomic E-state index is 0.00702. The number of amides is 1. The van der Waals surface area contributed by atoms with Crippen LogP contribution in [0.2, 0.25) is 0 Å². The number of aliphatic carboxylic acids is 1. The highest BCUT2D eigenvalue weighted by Crippen LogP contribution is 2.26. The molecule has 2 N–H and O–H groups in total. The number of carbonyl (C=O) groups excluding carboxylic acids is 1. The Bertz CT molecular complexity index is 351. The number of nitrogens with zero attached hydrogens (tertiary/aromatic N) is 1. The number of nitrogens with one attached hydrogen (secondary N) is 1. The molecule has 0 aromatic carbocycles. The van der Waals surface area contributed by atoms with Crippen LogP contribution in [0.15, 0.2) is 0 Å². The van der Waals surface area contributed by atoms with Gasteiger partial charge in [-0.25, -0.2) is 0 Å². The standard InChI is InChI=1S/C16H28N2O3/c19-15(20)11-17-10-13-6-5-9-18(12-13)16(21)14-7-3-1-2-4-8-14/h13-14,17H,1-12H2,(H,19,20). The third-order valence-corrected chi connectivity index (χ3v) is 4.74. The number of hydrogen-bond acceptors (Lipinski definition) is 3. The van der Waals surface area contributed by atoms with Gasteiger partial charge in [-0.1, -0.05) is 25.7 Å². The van der Waals surface area contributed by atoms with E-state index in [1.54, 1.807) is 0 Å². The van der Waals surface area contributed by atoms with Gasteiger partial charge < -0.3 is 15.3 Å². The summed E-state index contributed by atoms with van der Waals surface area (Å²) in [6.45, 7) is 2.38. The zero-order valence-corrected chi connectivity index (χ0v) is 12.9. The van der Waals surface area contributed by atoms with Gasteiger partial charge in [0.15, 0.2) is 0 Å². The van der Waals surface area contributed by atoms with Gasteiger partial charge in [0.25, 0.3) is 0 Å². The van der Waals surface area contributed by atoms with Crippen molar-refractivity contribution in [2.75, 3.05) is 26.2 Å². The molecule has 1 saturated heterocycles. The summed E-state index contributed by atoms with van der Waals surface area (Å²) in [4.78, 5) is 25.2. The molecule has 0 spiro atoms. The fraction of sp³-hybridized carbons (Fsp3) is 0.875. The second-order valence-corrected chi connectivity index (χ2v) is 6.51. The summed E-state index contributed by atoms with van der Waals surface area (Å²) < 4.78 is 0. The van der Waals surface area contributed by atoms with Crippen LogP contribution in [0.1, 0.15) is 51.4 Å². The SMILES string of the molecule is O=C(O)CNCC1CCCN(C(=O)C2CCCCCC2)C1. The molecule has 2 fully saturated rings. The van der Waals surface area contributed by atoms with E-state index in [4.69, 9.17) is 5.11 Å². The fourth-order valence-corrected chi connectivity index (χ4v) is 3.60. The topological polar surface area (TPSA) is 69.6 Å². The Morgan fingerprint density at radius 1 is 1.05 bits per heavy atom. The van der Waals surface area contributed by atoms with E-state index in [2.05, 4.69) is 5.32 Å². The van der Waals surface area contributed by atoms with Gasteiger partial charge in [0.1, 0.15) is 0 Å². The first-order valence-corrected chi connectivity index (χ1v) is 8.38. The van der Waals surface area contributed by atoms with Crippen LogP contribution in [0.25, 0.3) is 0 Å². The van der Waals surface area contributed by atoms with Crippen LogP contribution in [0.4, 0.5) is 0 Å². The average molecular weight is 296 g/mol. The summed E-state index contributed by atoms with van der Waals surface area (Å²) >= 11 is 0. The predicted octanol–water partition coefficient (Wildman–Crippen LogP) is 1.87. The van der Waals surface area contributed by atoms with E-state index in [1.807, 2.05) is 4.90 Å². The minimum atomic E-state index is -0.822. The molecule has 0 aromatic rings. The summed E-state index contributed by atoms with van der Waals surface area (Å²) in [5.74, 6) is 0.156. The van der Waals surface area contributed by atoms with Crippen molar-refractivity contribution < 1.29 is 14.7 Å². The first-order valence-electron chi connectivity index (χ1n) is 8.38. The molecule has 0 aromatic heterocycles. The summed E-state index contributed by atoms with van der Waals surface area (Å²) in [5.41, 5.74) is 0. The van der Waals surface area contributed by atoms with Crippen LogP contribution < -0.4 is 5.32 Å². The highest BCUT2D eigenvalue weighted by atomic mass is 16.4. The van der Waals surface area contributed by atoms with Crippen LogP contribution >= 0.6 is 0 Å². The summed E-state index contributed by atoms with van der Waals surface area (Å²) in [7, 11) is 0. The lowest BCUT2D eigenvalue weighted by Gasteiger charge is -2.35. The molecule has 2 rings (SSSR count). The lowest BCUT2D eigenvalue weighted by atomic mass is 9.94. The van der Waals surface area contributed by atoms with E-state index in [0.717, 1.165) is 38.8 Å². The average Bonchev–Trinajstić information content (AvgIpc) is 2.75. The molecular weight excluding hydrogens is 268 g/mol. The third kappa shape index (κ3) is 5.30. The van der Waals surface area contributed by atoms with Crippen LogP contribution in [-0.4, -0.2) is 48.1 Å². The van der Waals surface area contributed by atoms with Crippen molar-refractivity contribution in [3.8, 4) is 0 Å². The molecule has 1 aliphatic carbocycles. The van der Waals surface area contributed by atoms with Gasteiger partial charge in [-0.2, -0.15) is 0 Å². The van der Waals surface area contributed by atoms with E-state index < -0.39 is 5.97 Å². The Labute approximate surface area is 127 Å². The van der Waals surface area contributed by atoms with Gasteiger partial charge in [-0.15, -0.1) is 0 Å². The maximum absolute atomic E-state index is 12.6. The quantitative estimate of drug-likeness (QED) is 0.760. The van der Waals surface area contributed by atoms with Crippen molar-refractivity contribution in [1.29, 1.82) is 0 Å². The molecule has 1 unspecified atom stereocenters. The maximum Gasteiger partial charge on any atom is 0.317 e. The minimum Gasteiger partial charge on any atom is -0.480 e. The Kier molecular flexibility index (Phi) is 6.49. The Hall–Kier alpha value is -1.10. The molecule has 120 valence electrons. The number of rotatable bonds is 5. The highest BCUT2D eigenvalue weighted by Gasteiger charge is 2.29. The molecule has 5 nitrogen and oxygen atoms in total. The number of carbonyl (C=O) groups is 2. The van der Waals surface area contributed by atoms with Gasteiger partial charge in [0.05, 0.1) is 6.54 Å². The van der Waals surface area contributed by atoms with Crippen molar-refractivity contribution in [1.82, 2.24) is 10.2 Å². The van der Waals surface area contributed by atoms with E-state index in [1.165, 1.54) is 25.7 Å². The van der Waals surface area contributed by atoms with Gasteiger partial charge >= 0.3 is 5.97 Å². The highest BCUT2D eigenvalue weighted by molar-refractivity contribution is 5.79. The Morgan fingerprint density at radius 2 is 1.76 bits per heavy atom. The molecule has 0 bridgehead atoms. The zero-order chi connectivity index (χ0) is 15.1. The molecule has 1 amide bonds. The van der Waals surface area contributed by atoms with Crippen molar-refractivity contribution in [2.45, 2.75) is 51.4 Å². The van der Waals surface area contributed by atoms with Crippen molar-refractivity contribution in [3.05, 3.63) is 0 Å². The molecule has 5 heteroatoms. The van der Waals surface area contributed by atoms with E-state index in [-0.39, 0.29) is 12.5 Å². The van der Waals surface area contributed by atoms with E-state index in [9.17, 15) is 9.59 Å². The summed E-state index contributed by atoms with van der Waals surface area (Å²) in [6.07, 6.45) is 9.15.